The third kappa shape index (κ3) is 5.08. The molecule has 0 fully saturated rings. The average molecular weight is 392 g/mol. The summed E-state index contributed by atoms with van der Waals surface area (Å²) in [6.07, 6.45) is -0.875. The molecule has 148 valence electrons. The van der Waals surface area contributed by atoms with Gasteiger partial charge in [0.15, 0.2) is 0 Å². The van der Waals surface area contributed by atoms with Gasteiger partial charge in [-0.2, -0.15) is 9.78 Å². The molecule has 2 aromatic heterocycles. The summed E-state index contributed by atoms with van der Waals surface area (Å²) in [5.74, 6) is 0.538. The summed E-state index contributed by atoms with van der Waals surface area (Å²) in [6, 6.07) is 11.2. The minimum Gasteiger partial charge on any atom is -0.492 e. The molecule has 0 bridgehead atoms. The fourth-order valence-electron chi connectivity index (χ4n) is 2.62. The van der Waals surface area contributed by atoms with E-state index >= 15 is 0 Å². The number of hydrogen-bond donors (Lipinski definition) is 2. The Morgan fingerprint density at radius 2 is 1.89 bits per heavy atom. The molecule has 1 aromatic carbocycles. The standard InChI is InChI=1S/C19H19F3N4O2/c20-19(21,22)26-17(7-9-25-26)14-3-5-16(6-4-14)28-11-10-24-13-18(27)15-2-1-8-23-12-15/h1-9,12,18,24,27H,10-11,13H2/t18-/m0/s1. The van der Waals surface area contributed by atoms with Crippen LogP contribution in [0.3, 0.4) is 0 Å². The molecule has 2 heterocycles. The number of pyridine rings is 1. The maximum atomic E-state index is 12.9. The zero-order chi connectivity index (χ0) is 20.0. The van der Waals surface area contributed by atoms with Gasteiger partial charge >= 0.3 is 6.30 Å². The lowest BCUT2D eigenvalue weighted by Crippen LogP contribution is -2.26. The first-order chi connectivity index (χ1) is 13.4. The molecule has 1 atom stereocenters. The van der Waals surface area contributed by atoms with Crippen LogP contribution in [0.1, 0.15) is 11.7 Å². The topological polar surface area (TPSA) is 72.2 Å². The second kappa shape index (κ2) is 8.85. The second-order valence-electron chi connectivity index (χ2n) is 5.98. The molecule has 2 N–H and O–H groups in total. The van der Waals surface area contributed by atoms with Crippen LogP contribution >= 0.6 is 0 Å². The highest BCUT2D eigenvalue weighted by Gasteiger charge is 2.34. The Bertz CT molecular complexity index is 867. The number of ether oxygens (including phenoxy) is 1. The van der Waals surface area contributed by atoms with E-state index in [1.54, 1.807) is 48.8 Å². The maximum Gasteiger partial charge on any atom is 0.505 e. The highest BCUT2D eigenvalue weighted by molar-refractivity contribution is 5.60. The number of aromatic nitrogens is 3. The van der Waals surface area contributed by atoms with Gasteiger partial charge in [-0.25, -0.2) is 0 Å². The van der Waals surface area contributed by atoms with E-state index in [9.17, 15) is 18.3 Å². The molecule has 0 spiro atoms. The van der Waals surface area contributed by atoms with Gasteiger partial charge in [-0.15, -0.1) is 13.2 Å². The number of halogens is 3. The molecule has 3 aromatic rings. The number of aliphatic hydroxyl groups is 1. The predicted octanol–water partition coefficient (Wildman–Crippen LogP) is 3.12. The molecule has 0 unspecified atom stereocenters. The lowest BCUT2D eigenvalue weighted by atomic mass is 10.1. The van der Waals surface area contributed by atoms with Crippen molar-refractivity contribution < 1.29 is 23.0 Å². The summed E-state index contributed by atoms with van der Waals surface area (Å²) in [5, 5.41) is 16.4. The normalized spacial score (nSPS) is 12.7. The molecular weight excluding hydrogens is 373 g/mol. The van der Waals surface area contributed by atoms with Crippen LogP contribution in [0.2, 0.25) is 0 Å². The maximum absolute atomic E-state index is 12.9. The first-order valence-electron chi connectivity index (χ1n) is 8.58. The van der Waals surface area contributed by atoms with Crippen LogP contribution in [0.4, 0.5) is 13.2 Å². The largest absolute Gasteiger partial charge is 0.505 e. The van der Waals surface area contributed by atoms with Gasteiger partial charge in [0.05, 0.1) is 11.8 Å². The zero-order valence-electron chi connectivity index (χ0n) is 14.8. The van der Waals surface area contributed by atoms with Crippen molar-refractivity contribution >= 4 is 0 Å². The molecule has 0 aliphatic carbocycles. The van der Waals surface area contributed by atoms with Crippen LogP contribution < -0.4 is 10.1 Å². The monoisotopic (exact) mass is 392 g/mol. The molecule has 9 heteroatoms. The number of rotatable bonds is 8. The molecule has 0 amide bonds. The Labute approximate surface area is 159 Å². The van der Waals surface area contributed by atoms with Crippen LogP contribution in [0.25, 0.3) is 11.3 Å². The van der Waals surface area contributed by atoms with Crippen LogP contribution in [0.5, 0.6) is 5.75 Å². The van der Waals surface area contributed by atoms with Crippen LogP contribution in [-0.4, -0.2) is 39.6 Å². The fourth-order valence-corrected chi connectivity index (χ4v) is 2.62. The van der Waals surface area contributed by atoms with E-state index in [1.165, 1.54) is 6.07 Å². The van der Waals surface area contributed by atoms with Gasteiger partial charge in [0.1, 0.15) is 12.4 Å². The average Bonchev–Trinajstić information content (AvgIpc) is 3.19. The molecular formula is C19H19F3N4O2. The van der Waals surface area contributed by atoms with Crippen LogP contribution in [0, 0.1) is 0 Å². The third-order valence-electron chi connectivity index (χ3n) is 3.99. The van der Waals surface area contributed by atoms with Gasteiger partial charge in [-0.1, -0.05) is 6.07 Å². The smallest absolute Gasteiger partial charge is 0.492 e. The summed E-state index contributed by atoms with van der Waals surface area (Å²) in [6.45, 7) is 1.20. The lowest BCUT2D eigenvalue weighted by Gasteiger charge is -2.13. The van der Waals surface area contributed by atoms with Crippen molar-refractivity contribution in [2.45, 2.75) is 12.4 Å². The van der Waals surface area contributed by atoms with Crippen molar-refractivity contribution in [1.82, 2.24) is 20.1 Å². The van der Waals surface area contributed by atoms with Gasteiger partial charge in [0.25, 0.3) is 0 Å². The molecule has 0 aliphatic rings. The SMILES string of the molecule is O[C@@H](CNCCOc1ccc(-c2ccnn2C(F)(F)F)cc1)c1cccnc1. The van der Waals surface area contributed by atoms with Gasteiger partial charge in [-0.3, -0.25) is 4.98 Å². The summed E-state index contributed by atoms with van der Waals surface area (Å²) >= 11 is 0. The van der Waals surface area contributed by atoms with Gasteiger partial charge in [0.2, 0.25) is 0 Å². The van der Waals surface area contributed by atoms with Crippen molar-refractivity contribution in [2.24, 2.45) is 0 Å². The number of hydrogen-bond acceptors (Lipinski definition) is 5. The Morgan fingerprint density at radius 1 is 1.11 bits per heavy atom. The van der Waals surface area contributed by atoms with E-state index in [-0.39, 0.29) is 10.4 Å². The number of nitrogens with zero attached hydrogens (tertiary/aromatic N) is 3. The van der Waals surface area contributed by atoms with Gasteiger partial charge in [-0.05, 0) is 36.4 Å². The van der Waals surface area contributed by atoms with E-state index in [1.807, 2.05) is 0 Å². The van der Waals surface area contributed by atoms with Crippen molar-refractivity contribution in [2.75, 3.05) is 19.7 Å². The van der Waals surface area contributed by atoms with Crippen molar-refractivity contribution in [3.05, 3.63) is 66.6 Å². The zero-order valence-corrected chi connectivity index (χ0v) is 14.8. The van der Waals surface area contributed by atoms with Crippen LogP contribution in [0.15, 0.2) is 61.1 Å². The molecule has 0 radical (unpaired) electrons. The van der Waals surface area contributed by atoms with E-state index in [0.29, 0.717) is 31.0 Å². The first kappa shape index (κ1) is 19.8. The van der Waals surface area contributed by atoms with Crippen molar-refractivity contribution in [1.29, 1.82) is 0 Å². The lowest BCUT2D eigenvalue weighted by molar-refractivity contribution is -0.211. The molecule has 6 nitrogen and oxygen atoms in total. The van der Waals surface area contributed by atoms with Crippen molar-refractivity contribution in [3.63, 3.8) is 0 Å². The number of nitrogens with one attached hydrogen (secondary N) is 1. The van der Waals surface area contributed by atoms with Gasteiger partial charge < -0.3 is 15.2 Å². The molecule has 28 heavy (non-hydrogen) atoms. The molecule has 0 aliphatic heterocycles. The van der Waals surface area contributed by atoms with E-state index in [2.05, 4.69) is 15.4 Å². The van der Waals surface area contributed by atoms with Crippen molar-refractivity contribution in [3.8, 4) is 17.0 Å². The third-order valence-corrected chi connectivity index (χ3v) is 3.99. The summed E-state index contributed by atoms with van der Waals surface area (Å²) in [7, 11) is 0. The Kier molecular flexibility index (Phi) is 6.27. The molecule has 0 saturated heterocycles. The Balaban J connectivity index is 1.46. The number of alkyl halides is 3. The van der Waals surface area contributed by atoms with Gasteiger partial charge in [0, 0.05) is 42.8 Å². The number of aliphatic hydroxyl groups excluding tert-OH is 1. The minimum atomic E-state index is -4.57. The Morgan fingerprint density at radius 3 is 2.57 bits per heavy atom. The summed E-state index contributed by atoms with van der Waals surface area (Å²) in [4.78, 5) is 3.95. The Hall–Kier alpha value is -2.91. The number of benzene rings is 1. The highest BCUT2D eigenvalue weighted by atomic mass is 19.4. The first-order valence-corrected chi connectivity index (χ1v) is 8.58. The second-order valence-corrected chi connectivity index (χ2v) is 5.98. The van der Waals surface area contributed by atoms with E-state index < -0.39 is 12.4 Å². The highest BCUT2D eigenvalue weighted by Crippen LogP contribution is 2.29. The molecule has 3 rings (SSSR count). The van der Waals surface area contributed by atoms with E-state index in [0.717, 1.165) is 11.8 Å². The predicted molar refractivity (Wildman–Crippen MR) is 96.5 cm³/mol. The quantitative estimate of drug-likeness (QED) is 0.577. The molecule has 0 saturated carbocycles. The summed E-state index contributed by atoms with van der Waals surface area (Å²) < 4.78 is 44.3. The fraction of sp³-hybridized carbons (Fsp3) is 0.263. The minimum absolute atomic E-state index is 0.0281. The van der Waals surface area contributed by atoms with Crippen LogP contribution in [-0.2, 0) is 6.30 Å². The van der Waals surface area contributed by atoms with E-state index in [4.69, 9.17) is 4.74 Å². The summed E-state index contributed by atoms with van der Waals surface area (Å²) in [5.41, 5.74) is 1.08.